The van der Waals surface area contributed by atoms with E-state index in [1.807, 2.05) is 37.3 Å². The minimum atomic E-state index is -4.15. The lowest BCUT2D eigenvalue weighted by Gasteiger charge is -2.04. The normalized spacial score (nSPS) is 11.9. The van der Waals surface area contributed by atoms with E-state index < -0.39 is 10.1 Å². The Balaban J connectivity index is 0.000000452. The molecule has 0 saturated heterocycles. The topological polar surface area (TPSA) is 54.4 Å². The highest BCUT2D eigenvalue weighted by molar-refractivity contribution is 7.85. The van der Waals surface area contributed by atoms with Gasteiger partial charge >= 0.3 is 0 Å². The van der Waals surface area contributed by atoms with Crippen LogP contribution in [0.15, 0.2) is 60.0 Å². The van der Waals surface area contributed by atoms with Gasteiger partial charge < -0.3 is 0 Å². The molecule has 1 N–H and O–H groups in total. The van der Waals surface area contributed by atoms with Gasteiger partial charge in [-0.25, -0.2) is 0 Å². The number of hydrogen-bond donors (Lipinski definition) is 1. The van der Waals surface area contributed by atoms with Gasteiger partial charge in [-0.2, -0.15) is 8.42 Å². The zero-order valence-corrected chi connectivity index (χ0v) is 12.0. The van der Waals surface area contributed by atoms with Crippen molar-refractivity contribution in [1.29, 1.82) is 0 Å². The van der Waals surface area contributed by atoms with Crippen molar-refractivity contribution in [2.45, 2.75) is 18.2 Å². The summed E-state index contributed by atoms with van der Waals surface area (Å²) in [6.07, 6.45) is 2.31. The van der Waals surface area contributed by atoms with E-state index in [0.717, 1.165) is 16.7 Å². The van der Waals surface area contributed by atoms with Crippen molar-refractivity contribution in [3.05, 3.63) is 66.2 Å². The van der Waals surface area contributed by atoms with Gasteiger partial charge in [0.2, 0.25) is 0 Å². The standard InChI is InChI=1S/C13H10O3S.C3H6/c14-17(15,16)13-7-3-6-11-10-5-2-1-4-9(10)8-12(11)13;1-3-2/h1-7H,8H2,(H,14,15,16);3H,1H2,2H3. The van der Waals surface area contributed by atoms with Crippen molar-refractivity contribution < 1.29 is 13.0 Å². The first kappa shape index (κ1) is 14.5. The molecule has 0 aromatic heterocycles. The lowest BCUT2D eigenvalue weighted by molar-refractivity contribution is 0.482. The van der Waals surface area contributed by atoms with Crippen LogP contribution >= 0.6 is 0 Å². The molecular weight excluding hydrogens is 272 g/mol. The number of benzene rings is 2. The van der Waals surface area contributed by atoms with Crippen LogP contribution < -0.4 is 0 Å². The molecule has 0 radical (unpaired) electrons. The van der Waals surface area contributed by atoms with Crippen LogP contribution in [0.25, 0.3) is 11.1 Å². The molecule has 0 atom stereocenters. The second-order valence-electron chi connectivity index (χ2n) is 4.50. The summed E-state index contributed by atoms with van der Waals surface area (Å²) < 4.78 is 31.8. The van der Waals surface area contributed by atoms with Gasteiger partial charge in [0.05, 0.1) is 4.90 Å². The molecule has 2 aromatic rings. The maximum Gasteiger partial charge on any atom is 0.294 e. The molecule has 1 aliphatic carbocycles. The molecule has 0 amide bonds. The van der Waals surface area contributed by atoms with Crippen molar-refractivity contribution in [3.8, 4) is 11.1 Å². The predicted molar refractivity (Wildman–Crippen MR) is 80.4 cm³/mol. The van der Waals surface area contributed by atoms with E-state index in [1.165, 1.54) is 6.07 Å². The molecular formula is C16H16O3S. The van der Waals surface area contributed by atoms with E-state index in [2.05, 4.69) is 6.58 Å². The zero-order chi connectivity index (χ0) is 14.8. The Hall–Kier alpha value is -1.91. The maximum atomic E-state index is 11.3. The van der Waals surface area contributed by atoms with Gasteiger partial charge in [0, 0.05) is 6.42 Å². The minimum Gasteiger partial charge on any atom is -0.282 e. The third-order valence-electron chi connectivity index (χ3n) is 3.09. The van der Waals surface area contributed by atoms with Crippen molar-refractivity contribution in [3.63, 3.8) is 0 Å². The summed E-state index contributed by atoms with van der Waals surface area (Å²) in [7, 11) is -4.15. The van der Waals surface area contributed by atoms with Gasteiger partial charge in [0.15, 0.2) is 0 Å². The molecule has 0 saturated carbocycles. The third kappa shape index (κ3) is 2.66. The summed E-state index contributed by atoms with van der Waals surface area (Å²) in [5.41, 5.74) is 3.73. The third-order valence-corrected chi connectivity index (χ3v) is 4.02. The molecule has 20 heavy (non-hydrogen) atoms. The van der Waals surface area contributed by atoms with Crippen LogP contribution in [0.3, 0.4) is 0 Å². The van der Waals surface area contributed by atoms with Crippen LogP contribution in [0, 0.1) is 0 Å². The Morgan fingerprint density at radius 1 is 1.10 bits per heavy atom. The van der Waals surface area contributed by atoms with Crippen molar-refractivity contribution in [1.82, 2.24) is 0 Å². The molecule has 0 heterocycles. The lowest BCUT2D eigenvalue weighted by atomic mass is 10.1. The number of fused-ring (bicyclic) bond motifs is 3. The molecule has 0 spiro atoms. The molecule has 3 rings (SSSR count). The Morgan fingerprint density at radius 2 is 1.70 bits per heavy atom. The van der Waals surface area contributed by atoms with E-state index >= 15 is 0 Å². The first-order valence-electron chi connectivity index (χ1n) is 6.23. The van der Waals surface area contributed by atoms with Gasteiger partial charge in [-0.15, -0.1) is 6.58 Å². The molecule has 104 valence electrons. The smallest absolute Gasteiger partial charge is 0.282 e. The largest absolute Gasteiger partial charge is 0.294 e. The second kappa shape index (κ2) is 5.61. The summed E-state index contributed by atoms with van der Waals surface area (Å²) in [6, 6.07) is 12.8. The van der Waals surface area contributed by atoms with Gasteiger partial charge in [-0.05, 0) is 35.2 Å². The van der Waals surface area contributed by atoms with Gasteiger partial charge in [0.25, 0.3) is 10.1 Å². The molecule has 0 unspecified atom stereocenters. The molecule has 4 heteroatoms. The molecule has 2 aromatic carbocycles. The summed E-state index contributed by atoms with van der Waals surface area (Å²) in [5.74, 6) is 0. The average molecular weight is 288 g/mol. The monoisotopic (exact) mass is 288 g/mol. The maximum absolute atomic E-state index is 11.3. The Kier molecular flexibility index (Phi) is 4.06. The fourth-order valence-corrected chi connectivity index (χ4v) is 3.11. The minimum absolute atomic E-state index is 0.0196. The fourth-order valence-electron chi connectivity index (χ4n) is 2.37. The highest BCUT2D eigenvalue weighted by Crippen LogP contribution is 2.39. The second-order valence-corrected chi connectivity index (χ2v) is 5.89. The molecule has 0 fully saturated rings. The molecule has 0 bridgehead atoms. The number of allylic oxidation sites excluding steroid dienone is 1. The van der Waals surface area contributed by atoms with Crippen LogP contribution in [0.2, 0.25) is 0 Å². The Bertz CT molecular complexity index is 746. The van der Waals surface area contributed by atoms with Gasteiger partial charge in [0.1, 0.15) is 0 Å². The van der Waals surface area contributed by atoms with Crippen LogP contribution in [0.1, 0.15) is 18.1 Å². The van der Waals surface area contributed by atoms with Crippen LogP contribution in [0.4, 0.5) is 0 Å². The predicted octanol–water partition coefficient (Wildman–Crippen LogP) is 3.70. The summed E-state index contributed by atoms with van der Waals surface area (Å²) in [6.45, 7) is 5.25. The van der Waals surface area contributed by atoms with Crippen LogP contribution in [-0.4, -0.2) is 13.0 Å². The van der Waals surface area contributed by atoms with E-state index in [4.69, 9.17) is 0 Å². The van der Waals surface area contributed by atoms with E-state index in [9.17, 15) is 13.0 Å². The average Bonchev–Trinajstić information content (AvgIpc) is 2.76. The SMILES string of the molecule is C=CC.O=S(=O)(O)c1cccc2c1Cc1ccccc1-2. The van der Waals surface area contributed by atoms with Crippen molar-refractivity contribution in [2.24, 2.45) is 0 Å². The summed E-state index contributed by atoms with van der Waals surface area (Å²) in [4.78, 5) is 0.0196. The first-order valence-corrected chi connectivity index (χ1v) is 7.67. The van der Waals surface area contributed by atoms with Gasteiger partial charge in [-0.1, -0.05) is 42.5 Å². The molecule has 3 nitrogen and oxygen atoms in total. The van der Waals surface area contributed by atoms with Crippen molar-refractivity contribution >= 4 is 10.1 Å². The first-order chi connectivity index (χ1) is 9.49. The zero-order valence-electron chi connectivity index (χ0n) is 11.2. The summed E-state index contributed by atoms with van der Waals surface area (Å²) >= 11 is 0. The van der Waals surface area contributed by atoms with Gasteiger partial charge in [-0.3, -0.25) is 4.55 Å². The number of rotatable bonds is 1. The molecule has 1 aliphatic rings. The molecule has 0 aliphatic heterocycles. The van der Waals surface area contributed by atoms with E-state index in [0.29, 0.717) is 12.0 Å². The van der Waals surface area contributed by atoms with E-state index in [1.54, 1.807) is 12.1 Å². The quantitative estimate of drug-likeness (QED) is 0.549. The van der Waals surface area contributed by atoms with Crippen molar-refractivity contribution in [2.75, 3.05) is 0 Å². The van der Waals surface area contributed by atoms with E-state index in [-0.39, 0.29) is 4.90 Å². The highest BCUT2D eigenvalue weighted by Gasteiger charge is 2.24. The Morgan fingerprint density at radius 3 is 2.35 bits per heavy atom. The van der Waals surface area contributed by atoms with Crippen LogP contribution in [0.5, 0.6) is 0 Å². The van der Waals surface area contributed by atoms with Crippen LogP contribution in [-0.2, 0) is 16.5 Å². The highest BCUT2D eigenvalue weighted by atomic mass is 32.2. The number of hydrogen-bond acceptors (Lipinski definition) is 2. The Labute approximate surface area is 119 Å². The lowest BCUT2D eigenvalue weighted by Crippen LogP contribution is -2.02. The fraction of sp³-hybridized carbons (Fsp3) is 0.125. The summed E-state index contributed by atoms with van der Waals surface area (Å²) in [5, 5.41) is 0.